The first-order valence-corrected chi connectivity index (χ1v) is 8.06. The molecule has 0 aliphatic carbocycles. The smallest absolute Gasteiger partial charge is 0.490 e. The molecule has 0 saturated carbocycles. The van der Waals surface area contributed by atoms with E-state index in [1.165, 1.54) is 12.1 Å². The minimum atomic E-state index is -0.705. The zero-order valence-electron chi connectivity index (χ0n) is 15.0. The van der Waals surface area contributed by atoms with Crippen LogP contribution in [0.5, 0.6) is 11.5 Å². The monoisotopic (exact) mass is 324 g/mol. The quantitative estimate of drug-likeness (QED) is 0.779. The molecule has 128 valence electrons. The topological polar surface area (TPSA) is 36.9 Å². The summed E-state index contributed by atoms with van der Waals surface area (Å²) in [5.41, 5.74) is -0.504. The van der Waals surface area contributed by atoms with Gasteiger partial charge in [-0.15, -0.1) is 0 Å². The van der Waals surface area contributed by atoms with E-state index in [1.807, 2.05) is 48.5 Å². The van der Waals surface area contributed by atoms with E-state index in [2.05, 4.69) is 0 Å². The summed E-state index contributed by atoms with van der Waals surface area (Å²) in [6.45, 7) is 13.9. The van der Waals surface area contributed by atoms with Crippen LogP contribution < -0.4 is 14.9 Å². The molecule has 0 aromatic heterocycles. The Morgan fingerprint density at radius 2 is 1.70 bits per heavy atom. The fraction of sp³-hybridized carbons (Fsp3) is 0.647. The predicted molar refractivity (Wildman–Crippen MR) is 89.0 cm³/mol. The Morgan fingerprint density at radius 3 is 2.17 bits per heavy atom. The van der Waals surface area contributed by atoms with Crippen molar-refractivity contribution in [3.8, 4) is 11.5 Å². The lowest BCUT2D eigenvalue weighted by Crippen LogP contribution is -2.41. The molecule has 1 heterocycles. The molecular weight excluding hydrogens is 298 g/mol. The second-order valence-electron chi connectivity index (χ2n) is 7.01. The second-order valence-corrected chi connectivity index (χ2v) is 7.01. The Bertz CT molecular complexity index is 556. The highest BCUT2D eigenvalue weighted by Crippen LogP contribution is 2.38. The first kappa shape index (κ1) is 18.1. The van der Waals surface area contributed by atoms with Gasteiger partial charge in [-0.3, -0.25) is 0 Å². The summed E-state index contributed by atoms with van der Waals surface area (Å²) in [7, 11) is -0.705. The van der Waals surface area contributed by atoms with E-state index >= 15 is 0 Å². The summed E-state index contributed by atoms with van der Waals surface area (Å²) < 4.78 is 37.6. The SMILES string of the molecule is CCOc1cc(F)cc(B2OC(C)(C)C(C)(C)O2)c1OC(C)C. The fourth-order valence-corrected chi connectivity index (χ4v) is 2.36. The summed E-state index contributed by atoms with van der Waals surface area (Å²) in [4.78, 5) is 0. The van der Waals surface area contributed by atoms with E-state index < -0.39 is 24.1 Å². The molecule has 1 fully saturated rings. The molecule has 1 aliphatic heterocycles. The zero-order valence-corrected chi connectivity index (χ0v) is 15.0. The van der Waals surface area contributed by atoms with Gasteiger partial charge in [-0.1, -0.05) is 0 Å². The third-order valence-corrected chi connectivity index (χ3v) is 4.21. The normalized spacial score (nSPS) is 19.3. The summed E-state index contributed by atoms with van der Waals surface area (Å²) in [5, 5.41) is 0. The molecule has 0 spiro atoms. The molecule has 1 aliphatic rings. The lowest BCUT2D eigenvalue weighted by atomic mass is 9.78. The molecule has 0 unspecified atom stereocenters. The Kier molecular flexibility index (Phi) is 4.97. The van der Waals surface area contributed by atoms with Crippen LogP contribution >= 0.6 is 0 Å². The van der Waals surface area contributed by atoms with Crippen LogP contribution in [0.1, 0.15) is 48.5 Å². The first-order chi connectivity index (χ1) is 10.6. The van der Waals surface area contributed by atoms with Crippen LogP contribution in [0.3, 0.4) is 0 Å². The molecule has 1 saturated heterocycles. The maximum absolute atomic E-state index is 14.1. The van der Waals surface area contributed by atoms with Crippen LogP contribution in [0.2, 0.25) is 0 Å². The lowest BCUT2D eigenvalue weighted by molar-refractivity contribution is 0.00578. The fourth-order valence-electron chi connectivity index (χ4n) is 2.36. The van der Waals surface area contributed by atoms with Gasteiger partial charge in [0.2, 0.25) is 0 Å². The van der Waals surface area contributed by atoms with Crippen molar-refractivity contribution in [2.75, 3.05) is 6.61 Å². The molecule has 0 amide bonds. The summed E-state index contributed by atoms with van der Waals surface area (Å²) in [6.07, 6.45) is -0.0826. The molecule has 0 N–H and O–H groups in total. The van der Waals surface area contributed by atoms with Gasteiger partial charge in [0.25, 0.3) is 0 Å². The van der Waals surface area contributed by atoms with Gasteiger partial charge >= 0.3 is 7.12 Å². The van der Waals surface area contributed by atoms with Crippen molar-refractivity contribution >= 4 is 12.6 Å². The van der Waals surface area contributed by atoms with Crippen molar-refractivity contribution in [2.24, 2.45) is 0 Å². The number of benzene rings is 1. The molecule has 6 heteroatoms. The van der Waals surface area contributed by atoms with Gasteiger partial charge in [0.15, 0.2) is 11.5 Å². The molecule has 0 atom stereocenters. The van der Waals surface area contributed by atoms with Crippen LogP contribution in [-0.2, 0) is 9.31 Å². The van der Waals surface area contributed by atoms with Crippen LogP contribution in [0.4, 0.5) is 4.39 Å². The minimum Gasteiger partial charge on any atom is -0.490 e. The average Bonchev–Trinajstić information content (AvgIpc) is 2.61. The third kappa shape index (κ3) is 3.64. The van der Waals surface area contributed by atoms with Crippen LogP contribution in [0, 0.1) is 5.82 Å². The maximum atomic E-state index is 14.1. The van der Waals surface area contributed by atoms with E-state index in [0.29, 0.717) is 23.6 Å². The van der Waals surface area contributed by atoms with Gasteiger partial charge in [0.05, 0.1) is 23.9 Å². The number of hydrogen-bond donors (Lipinski definition) is 0. The molecule has 2 rings (SSSR count). The van der Waals surface area contributed by atoms with Crippen LogP contribution in [0.25, 0.3) is 0 Å². The second kappa shape index (κ2) is 6.32. The van der Waals surface area contributed by atoms with Crippen molar-refractivity contribution in [1.29, 1.82) is 0 Å². The van der Waals surface area contributed by atoms with E-state index in [0.717, 1.165) is 0 Å². The number of halogens is 1. The Balaban J connectivity index is 2.49. The van der Waals surface area contributed by atoms with Gasteiger partial charge in [0, 0.05) is 11.5 Å². The minimum absolute atomic E-state index is 0.0826. The van der Waals surface area contributed by atoms with Gasteiger partial charge in [-0.25, -0.2) is 4.39 Å². The van der Waals surface area contributed by atoms with Gasteiger partial charge in [-0.05, 0) is 54.5 Å². The molecular formula is C17H26BFO4. The lowest BCUT2D eigenvalue weighted by Gasteiger charge is -2.32. The van der Waals surface area contributed by atoms with E-state index in [4.69, 9.17) is 18.8 Å². The Labute approximate surface area is 138 Å². The van der Waals surface area contributed by atoms with Crippen LogP contribution in [-0.4, -0.2) is 31.0 Å². The number of hydrogen-bond acceptors (Lipinski definition) is 4. The number of ether oxygens (including phenoxy) is 2. The van der Waals surface area contributed by atoms with Crippen molar-refractivity contribution in [3.05, 3.63) is 17.9 Å². The molecule has 0 radical (unpaired) electrons. The van der Waals surface area contributed by atoms with Gasteiger partial charge in [-0.2, -0.15) is 0 Å². The first-order valence-electron chi connectivity index (χ1n) is 8.06. The van der Waals surface area contributed by atoms with Gasteiger partial charge < -0.3 is 18.8 Å². The van der Waals surface area contributed by atoms with E-state index in [9.17, 15) is 4.39 Å². The Hall–Kier alpha value is -1.27. The highest BCUT2D eigenvalue weighted by Gasteiger charge is 2.53. The average molecular weight is 324 g/mol. The standard InChI is InChI=1S/C17H26BFO4/c1-8-20-14-10-12(19)9-13(15(14)21-11(2)3)18-22-16(4,5)17(6,7)23-18/h9-11H,8H2,1-7H3. The van der Waals surface area contributed by atoms with E-state index in [1.54, 1.807) is 0 Å². The van der Waals surface area contributed by atoms with Crippen molar-refractivity contribution in [1.82, 2.24) is 0 Å². The van der Waals surface area contributed by atoms with Crippen molar-refractivity contribution in [2.45, 2.75) is 65.8 Å². The zero-order chi connectivity index (χ0) is 17.4. The number of rotatable bonds is 5. The third-order valence-electron chi connectivity index (χ3n) is 4.21. The molecule has 23 heavy (non-hydrogen) atoms. The molecule has 1 aromatic carbocycles. The summed E-state index contributed by atoms with van der Waals surface area (Å²) in [5.74, 6) is 0.432. The maximum Gasteiger partial charge on any atom is 0.498 e. The highest BCUT2D eigenvalue weighted by molar-refractivity contribution is 6.63. The van der Waals surface area contributed by atoms with Crippen LogP contribution in [0.15, 0.2) is 12.1 Å². The molecule has 1 aromatic rings. The summed E-state index contributed by atoms with van der Waals surface area (Å²) in [6, 6.07) is 2.72. The van der Waals surface area contributed by atoms with Gasteiger partial charge in [0.1, 0.15) is 5.82 Å². The van der Waals surface area contributed by atoms with Crippen molar-refractivity contribution < 1.29 is 23.2 Å². The van der Waals surface area contributed by atoms with Crippen molar-refractivity contribution in [3.63, 3.8) is 0 Å². The summed E-state index contributed by atoms with van der Waals surface area (Å²) >= 11 is 0. The highest BCUT2D eigenvalue weighted by atomic mass is 19.1. The van der Waals surface area contributed by atoms with E-state index in [-0.39, 0.29) is 6.10 Å². The predicted octanol–water partition coefficient (Wildman–Crippen LogP) is 3.31. The molecule has 0 bridgehead atoms. The largest absolute Gasteiger partial charge is 0.498 e. The Morgan fingerprint density at radius 1 is 1.13 bits per heavy atom. The molecule has 4 nitrogen and oxygen atoms in total.